The Hall–Kier alpha value is -2.41. The van der Waals surface area contributed by atoms with Crippen LogP contribution in [0.4, 0.5) is 0 Å². The molecule has 5 nitrogen and oxygen atoms in total. The van der Waals surface area contributed by atoms with E-state index in [0.717, 1.165) is 29.2 Å². The van der Waals surface area contributed by atoms with Crippen LogP contribution in [0.2, 0.25) is 5.02 Å². The van der Waals surface area contributed by atoms with Crippen molar-refractivity contribution < 1.29 is 13.2 Å². The van der Waals surface area contributed by atoms with Crippen LogP contribution in [0.15, 0.2) is 65.6 Å². The molecule has 3 aromatic carbocycles. The number of hydrogen-bond acceptors (Lipinski definition) is 3. The average Bonchev–Trinajstić information content (AvgIpc) is 3.28. The van der Waals surface area contributed by atoms with Gasteiger partial charge in [0.25, 0.3) is 5.91 Å². The summed E-state index contributed by atoms with van der Waals surface area (Å²) < 4.78 is 27.0. The van der Waals surface area contributed by atoms with Crippen molar-refractivity contribution in [2.24, 2.45) is 0 Å². The molecule has 0 aromatic heterocycles. The fraction of sp³-hybridized carbons (Fsp3) is 0.227. The first kappa shape index (κ1) is 19.9. The van der Waals surface area contributed by atoms with Crippen LogP contribution in [0.3, 0.4) is 0 Å². The maximum absolute atomic E-state index is 12.8. The molecule has 150 valence electrons. The third kappa shape index (κ3) is 4.15. The van der Waals surface area contributed by atoms with Crippen LogP contribution in [0.25, 0.3) is 10.8 Å². The van der Waals surface area contributed by atoms with Gasteiger partial charge in [0.15, 0.2) is 0 Å². The van der Waals surface area contributed by atoms with Gasteiger partial charge < -0.3 is 5.32 Å². The van der Waals surface area contributed by atoms with Crippen molar-refractivity contribution in [3.05, 3.63) is 76.8 Å². The topological polar surface area (TPSA) is 66.5 Å². The van der Waals surface area contributed by atoms with Crippen molar-refractivity contribution in [2.75, 3.05) is 13.1 Å². The summed E-state index contributed by atoms with van der Waals surface area (Å²) >= 11 is 6.19. The number of rotatable bonds is 5. The Morgan fingerprint density at radius 2 is 1.69 bits per heavy atom. The average molecular weight is 429 g/mol. The fourth-order valence-electron chi connectivity index (χ4n) is 3.54. The molecule has 0 unspecified atom stereocenters. The Morgan fingerprint density at radius 3 is 2.45 bits per heavy atom. The highest BCUT2D eigenvalue weighted by atomic mass is 35.5. The second-order valence-corrected chi connectivity index (χ2v) is 9.46. The Kier molecular flexibility index (Phi) is 5.58. The third-order valence-corrected chi connectivity index (χ3v) is 7.38. The van der Waals surface area contributed by atoms with E-state index in [1.54, 1.807) is 0 Å². The largest absolute Gasteiger partial charge is 0.348 e. The zero-order chi connectivity index (χ0) is 20.4. The zero-order valence-corrected chi connectivity index (χ0v) is 17.3. The third-order valence-electron chi connectivity index (χ3n) is 5.15. The minimum atomic E-state index is -3.61. The number of nitrogens with one attached hydrogen (secondary N) is 1. The summed E-state index contributed by atoms with van der Waals surface area (Å²) in [5.74, 6) is -0.401. The van der Waals surface area contributed by atoms with Gasteiger partial charge in [0.1, 0.15) is 0 Å². The van der Waals surface area contributed by atoms with Crippen molar-refractivity contribution in [2.45, 2.75) is 24.3 Å². The molecule has 1 fully saturated rings. The number of amides is 1. The summed E-state index contributed by atoms with van der Waals surface area (Å²) in [6.45, 7) is 1.34. The standard InChI is InChI=1S/C22H21ClN2O3S/c23-21-10-9-19(29(27,28)25-11-3-4-12-25)14-20(21)22(26)24-15-16-7-8-17-5-1-2-6-18(17)13-16/h1-2,5-10,13-14H,3-4,11-12,15H2,(H,24,26). The number of carbonyl (C=O) groups is 1. The maximum Gasteiger partial charge on any atom is 0.253 e. The van der Waals surface area contributed by atoms with Crippen molar-refractivity contribution in [1.29, 1.82) is 0 Å². The van der Waals surface area contributed by atoms with E-state index in [9.17, 15) is 13.2 Å². The zero-order valence-electron chi connectivity index (χ0n) is 15.8. The highest BCUT2D eigenvalue weighted by molar-refractivity contribution is 7.89. The van der Waals surface area contributed by atoms with Crippen molar-refractivity contribution in [3.63, 3.8) is 0 Å². The first-order chi connectivity index (χ1) is 13.9. The molecule has 0 radical (unpaired) electrons. The van der Waals surface area contributed by atoms with E-state index in [1.807, 2.05) is 42.5 Å². The number of sulfonamides is 1. The summed E-state index contributed by atoms with van der Waals surface area (Å²) in [5.41, 5.74) is 1.11. The highest BCUT2D eigenvalue weighted by Gasteiger charge is 2.28. The molecule has 0 aliphatic carbocycles. The molecule has 1 saturated heterocycles. The van der Waals surface area contributed by atoms with Crippen LogP contribution in [0, 0.1) is 0 Å². The van der Waals surface area contributed by atoms with Crippen molar-refractivity contribution in [3.8, 4) is 0 Å². The number of nitrogens with zero attached hydrogens (tertiary/aromatic N) is 1. The summed E-state index contributed by atoms with van der Waals surface area (Å²) in [6.07, 6.45) is 1.71. The SMILES string of the molecule is O=C(NCc1ccc2ccccc2c1)c1cc(S(=O)(=O)N2CCCC2)ccc1Cl. The minimum absolute atomic E-state index is 0.0969. The number of benzene rings is 3. The molecular formula is C22H21ClN2O3S. The quantitative estimate of drug-likeness (QED) is 0.662. The van der Waals surface area contributed by atoms with Crippen LogP contribution >= 0.6 is 11.6 Å². The normalized spacial score (nSPS) is 14.9. The van der Waals surface area contributed by atoms with Gasteiger partial charge in [0.05, 0.1) is 15.5 Å². The van der Waals surface area contributed by atoms with Crippen LogP contribution in [0.5, 0.6) is 0 Å². The monoisotopic (exact) mass is 428 g/mol. The Labute approximate surface area is 175 Å². The highest BCUT2D eigenvalue weighted by Crippen LogP contribution is 2.25. The summed E-state index contributed by atoms with van der Waals surface area (Å²) in [5, 5.41) is 5.28. The van der Waals surface area contributed by atoms with Gasteiger partial charge >= 0.3 is 0 Å². The van der Waals surface area contributed by atoms with E-state index >= 15 is 0 Å². The molecule has 0 atom stereocenters. The number of carbonyl (C=O) groups excluding carboxylic acids is 1. The lowest BCUT2D eigenvalue weighted by molar-refractivity contribution is 0.0951. The number of fused-ring (bicyclic) bond motifs is 1. The van der Waals surface area contributed by atoms with Gasteiger partial charge in [0, 0.05) is 19.6 Å². The van der Waals surface area contributed by atoms with Gasteiger partial charge in [0.2, 0.25) is 10.0 Å². The molecule has 3 aromatic rings. The molecule has 1 aliphatic heterocycles. The summed E-state index contributed by atoms with van der Waals surface area (Å²) in [7, 11) is -3.61. The van der Waals surface area contributed by atoms with E-state index < -0.39 is 15.9 Å². The molecule has 0 spiro atoms. The lowest BCUT2D eigenvalue weighted by Crippen LogP contribution is -2.28. The molecule has 1 N–H and O–H groups in total. The summed E-state index contributed by atoms with van der Waals surface area (Å²) in [6, 6.07) is 18.3. The summed E-state index contributed by atoms with van der Waals surface area (Å²) in [4.78, 5) is 12.8. The van der Waals surface area contributed by atoms with Crippen LogP contribution in [-0.2, 0) is 16.6 Å². The molecule has 1 aliphatic rings. The lowest BCUT2D eigenvalue weighted by Gasteiger charge is -2.16. The van der Waals surface area contributed by atoms with Gasteiger partial charge in [-0.3, -0.25) is 4.79 Å². The van der Waals surface area contributed by atoms with E-state index in [4.69, 9.17) is 11.6 Å². The smallest absolute Gasteiger partial charge is 0.253 e. The molecular weight excluding hydrogens is 408 g/mol. The van der Waals surface area contributed by atoms with Crippen molar-refractivity contribution in [1.82, 2.24) is 9.62 Å². The second-order valence-electron chi connectivity index (χ2n) is 7.12. The van der Waals surface area contributed by atoms with Gasteiger partial charge in [-0.15, -0.1) is 0 Å². The van der Waals surface area contributed by atoms with Crippen molar-refractivity contribution >= 4 is 38.3 Å². The van der Waals surface area contributed by atoms with Crippen LogP contribution in [0.1, 0.15) is 28.8 Å². The first-order valence-corrected chi connectivity index (χ1v) is 11.3. The number of halogens is 1. The van der Waals surface area contributed by atoms with E-state index in [1.165, 1.54) is 22.5 Å². The molecule has 7 heteroatoms. The van der Waals surface area contributed by atoms with Gasteiger partial charge in [-0.25, -0.2) is 8.42 Å². The second kappa shape index (κ2) is 8.14. The Balaban J connectivity index is 1.53. The molecule has 4 rings (SSSR count). The molecule has 29 heavy (non-hydrogen) atoms. The van der Waals surface area contributed by atoms with Crippen LogP contribution < -0.4 is 5.32 Å². The Bertz CT molecular complexity index is 1170. The van der Waals surface area contributed by atoms with E-state index in [0.29, 0.717) is 19.6 Å². The maximum atomic E-state index is 12.8. The fourth-order valence-corrected chi connectivity index (χ4v) is 5.29. The van der Waals surface area contributed by atoms with Crippen LogP contribution in [-0.4, -0.2) is 31.7 Å². The number of hydrogen-bond donors (Lipinski definition) is 1. The Morgan fingerprint density at radius 1 is 0.966 bits per heavy atom. The minimum Gasteiger partial charge on any atom is -0.348 e. The van der Waals surface area contributed by atoms with E-state index in [2.05, 4.69) is 5.32 Å². The molecule has 0 bridgehead atoms. The van der Waals surface area contributed by atoms with E-state index in [-0.39, 0.29) is 15.5 Å². The lowest BCUT2D eigenvalue weighted by atomic mass is 10.1. The predicted molar refractivity (Wildman–Crippen MR) is 115 cm³/mol. The van der Waals surface area contributed by atoms with Gasteiger partial charge in [-0.1, -0.05) is 48.0 Å². The molecule has 1 heterocycles. The van der Waals surface area contributed by atoms with Gasteiger partial charge in [-0.05, 0) is 53.4 Å². The van der Waals surface area contributed by atoms with Gasteiger partial charge in [-0.2, -0.15) is 4.31 Å². The first-order valence-electron chi connectivity index (χ1n) is 9.51. The predicted octanol–water partition coefficient (Wildman–Crippen LogP) is 4.21. The molecule has 0 saturated carbocycles. The molecule has 1 amide bonds.